The zero-order chi connectivity index (χ0) is 21.6. The van der Waals surface area contributed by atoms with Gasteiger partial charge < -0.3 is 15.1 Å². The molecule has 2 aliphatic rings. The Balaban J connectivity index is 1.44. The van der Waals surface area contributed by atoms with Gasteiger partial charge >= 0.3 is 0 Å². The van der Waals surface area contributed by atoms with Gasteiger partial charge in [-0.3, -0.25) is 4.79 Å². The average molecular weight is 454 g/mol. The van der Waals surface area contributed by atoms with Gasteiger partial charge in [-0.1, -0.05) is 30.3 Å². The molecule has 0 saturated carbocycles. The molecule has 0 radical (unpaired) electrons. The van der Waals surface area contributed by atoms with Crippen molar-refractivity contribution < 1.29 is 13.2 Å². The Labute approximate surface area is 186 Å². The van der Waals surface area contributed by atoms with Crippen LogP contribution in [0.15, 0.2) is 59.5 Å². The number of carbonyl (C=O) groups excluding carboxylic acids is 1. The van der Waals surface area contributed by atoms with Crippen LogP contribution in [0, 0.1) is 0 Å². The first-order chi connectivity index (χ1) is 14.9. The number of thiophene rings is 1. The first kappa shape index (κ1) is 20.2. The maximum atomic E-state index is 13.1. The minimum absolute atomic E-state index is 0.0684. The average Bonchev–Trinajstić information content (AvgIpc) is 3.18. The van der Waals surface area contributed by atoms with E-state index in [4.69, 9.17) is 0 Å². The molecular formula is C23H23N3O3S2. The molecule has 2 aromatic carbocycles. The van der Waals surface area contributed by atoms with Gasteiger partial charge in [0.05, 0.1) is 26.9 Å². The van der Waals surface area contributed by atoms with Crippen LogP contribution in [-0.2, 0) is 15.6 Å². The highest BCUT2D eigenvalue weighted by molar-refractivity contribution is 7.91. The highest BCUT2D eigenvalue weighted by atomic mass is 32.2. The molecule has 6 nitrogen and oxygen atoms in total. The van der Waals surface area contributed by atoms with Crippen LogP contribution in [0.1, 0.15) is 15.2 Å². The Bertz CT molecular complexity index is 1260. The molecule has 5 rings (SSSR count). The third-order valence-electron chi connectivity index (χ3n) is 5.84. The fourth-order valence-corrected chi connectivity index (χ4v) is 7.02. The number of para-hydroxylation sites is 2. The fourth-order valence-electron chi connectivity index (χ4n) is 4.17. The van der Waals surface area contributed by atoms with Crippen molar-refractivity contribution in [2.24, 2.45) is 0 Å². The number of carbonyl (C=O) groups is 1. The molecular weight excluding hydrogens is 430 g/mol. The van der Waals surface area contributed by atoms with Crippen LogP contribution in [-0.4, -0.2) is 52.5 Å². The van der Waals surface area contributed by atoms with E-state index in [0.717, 1.165) is 42.4 Å². The molecule has 3 aromatic rings. The zero-order valence-corrected chi connectivity index (χ0v) is 18.8. The summed E-state index contributed by atoms with van der Waals surface area (Å²) in [7, 11) is -1.28. The normalized spacial score (nSPS) is 17.6. The summed E-state index contributed by atoms with van der Waals surface area (Å²) in [6.45, 7) is 3.78. The lowest BCUT2D eigenvalue weighted by Gasteiger charge is -2.35. The van der Waals surface area contributed by atoms with Gasteiger partial charge in [-0.25, -0.2) is 8.42 Å². The number of hydrogen-bond acceptors (Lipinski definition) is 6. The molecule has 160 valence electrons. The lowest BCUT2D eigenvalue weighted by atomic mass is 10.1. The molecule has 0 spiro atoms. The van der Waals surface area contributed by atoms with Gasteiger partial charge in [0.15, 0.2) is 9.84 Å². The van der Waals surface area contributed by atoms with E-state index < -0.39 is 9.84 Å². The largest absolute Gasteiger partial charge is 0.367 e. The van der Waals surface area contributed by atoms with Gasteiger partial charge in [0.1, 0.15) is 0 Å². The van der Waals surface area contributed by atoms with Crippen molar-refractivity contribution in [3.63, 3.8) is 0 Å². The Kier molecular flexibility index (Phi) is 5.08. The van der Waals surface area contributed by atoms with Crippen molar-refractivity contribution >= 4 is 38.5 Å². The molecule has 8 heteroatoms. The number of sulfone groups is 1. The number of likely N-dealkylation sites (N-methyl/N-ethyl adjacent to an activating group) is 1. The monoisotopic (exact) mass is 453 g/mol. The summed E-state index contributed by atoms with van der Waals surface area (Å²) in [5.74, 6) is -0.281. The summed E-state index contributed by atoms with van der Waals surface area (Å²) >= 11 is 1.35. The SMILES string of the molecule is CN1CCN(c2ccccc2NC(=O)c2cc3c(s2)-c2ccccc2S(=O)(=O)C3)CC1. The first-order valence-electron chi connectivity index (χ1n) is 10.2. The third kappa shape index (κ3) is 3.75. The number of amides is 1. The summed E-state index contributed by atoms with van der Waals surface area (Å²) in [6.07, 6.45) is 0. The van der Waals surface area contributed by atoms with E-state index in [0.29, 0.717) is 20.9 Å². The van der Waals surface area contributed by atoms with Gasteiger partial charge in [-0.05, 0) is 36.9 Å². The number of benzene rings is 2. The molecule has 31 heavy (non-hydrogen) atoms. The molecule has 1 aromatic heterocycles. The van der Waals surface area contributed by atoms with Crippen LogP contribution in [0.5, 0.6) is 0 Å². The van der Waals surface area contributed by atoms with Gasteiger partial charge in [0.2, 0.25) is 0 Å². The third-order valence-corrected chi connectivity index (χ3v) is 8.77. The maximum absolute atomic E-state index is 13.1. The second kappa shape index (κ2) is 7.78. The Morgan fingerprint density at radius 2 is 1.71 bits per heavy atom. The molecule has 0 unspecified atom stereocenters. The molecule has 0 atom stereocenters. The van der Waals surface area contributed by atoms with E-state index in [1.165, 1.54) is 11.3 Å². The van der Waals surface area contributed by atoms with Crippen molar-refractivity contribution in [3.05, 3.63) is 65.0 Å². The van der Waals surface area contributed by atoms with Crippen LogP contribution in [0.3, 0.4) is 0 Å². The molecule has 3 heterocycles. The van der Waals surface area contributed by atoms with E-state index in [2.05, 4.69) is 22.2 Å². The highest BCUT2D eigenvalue weighted by Gasteiger charge is 2.30. The van der Waals surface area contributed by atoms with E-state index >= 15 is 0 Å². The molecule has 2 aliphatic heterocycles. The van der Waals surface area contributed by atoms with Crippen molar-refractivity contribution in [1.82, 2.24) is 4.90 Å². The van der Waals surface area contributed by atoms with Crippen molar-refractivity contribution in [1.29, 1.82) is 0 Å². The van der Waals surface area contributed by atoms with Crippen LogP contribution < -0.4 is 10.2 Å². The maximum Gasteiger partial charge on any atom is 0.265 e. The number of nitrogens with one attached hydrogen (secondary N) is 1. The summed E-state index contributed by atoms with van der Waals surface area (Å²) in [5, 5.41) is 3.06. The van der Waals surface area contributed by atoms with Crippen LogP contribution in [0.2, 0.25) is 0 Å². The summed E-state index contributed by atoms with van der Waals surface area (Å²) in [5.41, 5.74) is 3.17. The van der Waals surface area contributed by atoms with Gasteiger partial charge in [0.25, 0.3) is 5.91 Å². The quantitative estimate of drug-likeness (QED) is 0.655. The smallest absolute Gasteiger partial charge is 0.265 e. The predicted octanol–water partition coefficient (Wildman–Crippen LogP) is 3.71. The highest BCUT2D eigenvalue weighted by Crippen LogP contribution is 2.43. The fraction of sp³-hybridized carbons (Fsp3) is 0.261. The molecule has 1 saturated heterocycles. The minimum Gasteiger partial charge on any atom is -0.367 e. The summed E-state index contributed by atoms with van der Waals surface area (Å²) in [4.78, 5) is 19.4. The lowest BCUT2D eigenvalue weighted by Crippen LogP contribution is -2.44. The van der Waals surface area contributed by atoms with E-state index in [-0.39, 0.29) is 11.7 Å². The number of nitrogens with zero attached hydrogens (tertiary/aromatic N) is 2. The Hall–Kier alpha value is -2.68. The Morgan fingerprint density at radius 3 is 2.52 bits per heavy atom. The van der Waals surface area contributed by atoms with E-state index in [9.17, 15) is 13.2 Å². The molecule has 1 fully saturated rings. The second-order valence-corrected chi connectivity index (χ2v) is 11.0. The summed E-state index contributed by atoms with van der Waals surface area (Å²) < 4.78 is 25.3. The van der Waals surface area contributed by atoms with Gasteiger partial charge in [-0.15, -0.1) is 11.3 Å². The minimum atomic E-state index is -3.39. The number of rotatable bonds is 3. The van der Waals surface area contributed by atoms with Crippen LogP contribution in [0.4, 0.5) is 11.4 Å². The van der Waals surface area contributed by atoms with Crippen molar-refractivity contribution in [3.8, 4) is 10.4 Å². The second-order valence-electron chi connectivity index (χ2n) is 7.98. The molecule has 0 bridgehead atoms. The standard InChI is InChI=1S/C23H23N3O3S2/c1-25-10-12-26(13-11-25)19-8-4-3-7-18(19)24-23(27)20-14-16-15-31(28,29)21-9-5-2-6-17(21)22(16)30-20/h2-9,14H,10-13,15H2,1H3,(H,24,27). The first-order valence-corrected chi connectivity index (χ1v) is 12.7. The number of fused-ring (bicyclic) bond motifs is 3. The van der Waals surface area contributed by atoms with Crippen LogP contribution in [0.25, 0.3) is 10.4 Å². The molecule has 1 amide bonds. The topological polar surface area (TPSA) is 69.7 Å². The van der Waals surface area contributed by atoms with Crippen molar-refractivity contribution in [2.45, 2.75) is 10.6 Å². The van der Waals surface area contributed by atoms with Crippen LogP contribution >= 0.6 is 11.3 Å². The van der Waals surface area contributed by atoms with Gasteiger partial charge in [-0.2, -0.15) is 0 Å². The number of hydrogen-bond donors (Lipinski definition) is 1. The summed E-state index contributed by atoms with van der Waals surface area (Å²) in [6, 6.07) is 16.6. The molecule has 1 N–H and O–H groups in total. The number of piperazine rings is 1. The zero-order valence-electron chi connectivity index (χ0n) is 17.2. The van der Waals surface area contributed by atoms with E-state index in [1.807, 2.05) is 36.4 Å². The van der Waals surface area contributed by atoms with E-state index in [1.54, 1.807) is 18.2 Å². The Morgan fingerprint density at radius 1 is 1.00 bits per heavy atom. The number of anilines is 2. The molecule has 0 aliphatic carbocycles. The predicted molar refractivity (Wildman–Crippen MR) is 125 cm³/mol. The van der Waals surface area contributed by atoms with Gasteiger partial charge in [0, 0.05) is 36.6 Å². The van der Waals surface area contributed by atoms with Crippen molar-refractivity contribution in [2.75, 3.05) is 43.4 Å². The lowest BCUT2D eigenvalue weighted by molar-refractivity contribution is 0.103.